The Labute approximate surface area is 366 Å². The van der Waals surface area contributed by atoms with Gasteiger partial charge in [-0.1, -0.05) is 204 Å². The fourth-order valence-corrected chi connectivity index (χ4v) is 7.65. The summed E-state index contributed by atoms with van der Waals surface area (Å²) in [5, 5.41) is 23.2. The van der Waals surface area contributed by atoms with Crippen LogP contribution in [0.4, 0.5) is 0 Å². The molecule has 1 amide bonds. The molecular weight excluding hydrogens is 731 g/mol. The summed E-state index contributed by atoms with van der Waals surface area (Å²) in [5.74, 6) is -0.0994. The van der Waals surface area contributed by atoms with Crippen molar-refractivity contribution in [2.45, 2.75) is 276 Å². The Kier molecular flexibility index (Phi) is 47.2. The molecular formula is C53H99NO5. The van der Waals surface area contributed by atoms with Gasteiger partial charge in [0.15, 0.2) is 0 Å². The van der Waals surface area contributed by atoms with E-state index in [1.54, 1.807) is 0 Å². The molecule has 0 aromatic heterocycles. The molecule has 0 aliphatic rings. The van der Waals surface area contributed by atoms with Crippen molar-refractivity contribution in [3.63, 3.8) is 0 Å². The van der Waals surface area contributed by atoms with Crippen molar-refractivity contribution in [3.8, 4) is 0 Å². The maximum absolute atomic E-state index is 12.4. The number of aliphatic hydroxyl groups excluding tert-OH is 2. The van der Waals surface area contributed by atoms with E-state index in [0.717, 1.165) is 89.9 Å². The lowest BCUT2D eigenvalue weighted by molar-refractivity contribution is -0.143. The van der Waals surface area contributed by atoms with E-state index < -0.39 is 12.1 Å². The number of amides is 1. The lowest BCUT2D eigenvalue weighted by Crippen LogP contribution is -2.45. The molecule has 0 aromatic rings. The Hall–Kier alpha value is -1.92. The molecule has 0 heterocycles. The summed E-state index contributed by atoms with van der Waals surface area (Å²) in [5.41, 5.74) is 0. The van der Waals surface area contributed by atoms with E-state index in [2.05, 4.69) is 55.6 Å². The van der Waals surface area contributed by atoms with Gasteiger partial charge in [-0.3, -0.25) is 9.59 Å². The summed E-state index contributed by atoms with van der Waals surface area (Å²) in [4.78, 5) is 24.5. The van der Waals surface area contributed by atoms with Gasteiger partial charge < -0.3 is 20.3 Å². The lowest BCUT2D eigenvalue weighted by Gasteiger charge is -2.22. The zero-order valence-electron chi connectivity index (χ0n) is 39.2. The van der Waals surface area contributed by atoms with Crippen LogP contribution >= 0.6 is 0 Å². The highest BCUT2D eigenvalue weighted by Crippen LogP contribution is 2.16. The van der Waals surface area contributed by atoms with Crippen molar-refractivity contribution in [3.05, 3.63) is 36.5 Å². The van der Waals surface area contributed by atoms with Crippen LogP contribution in [-0.4, -0.2) is 47.4 Å². The molecule has 0 saturated heterocycles. The first-order valence-electron chi connectivity index (χ1n) is 25.7. The van der Waals surface area contributed by atoms with Gasteiger partial charge in [0.2, 0.25) is 5.91 Å². The molecule has 6 nitrogen and oxygen atoms in total. The lowest BCUT2D eigenvalue weighted by atomic mass is 10.0. The third kappa shape index (κ3) is 45.4. The predicted octanol–water partition coefficient (Wildman–Crippen LogP) is 15.3. The highest BCUT2D eigenvalue weighted by molar-refractivity contribution is 5.76. The van der Waals surface area contributed by atoms with E-state index in [4.69, 9.17) is 4.74 Å². The smallest absolute Gasteiger partial charge is 0.305 e. The molecule has 0 fully saturated rings. The summed E-state index contributed by atoms with van der Waals surface area (Å²) in [6, 6.07) is -0.561. The maximum atomic E-state index is 12.4. The molecule has 346 valence electrons. The third-order valence-electron chi connectivity index (χ3n) is 11.7. The van der Waals surface area contributed by atoms with Gasteiger partial charge in [0.05, 0.1) is 25.4 Å². The Balaban J connectivity index is 3.53. The normalized spacial score (nSPS) is 12.9. The molecule has 0 saturated carbocycles. The van der Waals surface area contributed by atoms with E-state index >= 15 is 0 Å². The largest absolute Gasteiger partial charge is 0.466 e. The van der Waals surface area contributed by atoms with Crippen molar-refractivity contribution >= 4 is 11.9 Å². The number of esters is 1. The van der Waals surface area contributed by atoms with Crippen molar-refractivity contribution in [1.82, 2.24) is 5.32 Å². The highest BCUT2D eigenvalue weighted by Gasteiger charge is 2.20. The number of allylic oxidation sites excluding steroid dienone is 6. The maximum Gasteiger partial charge on any atom is 0.305 e. The first kappa shape index (κ1) is 57.1. The topological polar surface area (TPSA) is 95.9 Å². The second-order valence-corrected chi connectivity index (χ2v) is 17.5. The Morgan fingerprint density at radius 1 is 0.475 bits per heavy atom. The predicted molar refractivity (Wildman–Crippen MR) is 255 cm³/mol. The van der Waals surface area contributed by atoms with E-state index in [0.29, 0.717) is 25.9 Å². The minimum atomic E-state index is -0.681. The first-order chi connectivity index (χ1) is 29.0. The number of carbonyl (C=O) groups is 2. The summed E-state index contributed by atoms with van der Waals surface area (Å²) in [6.07, 6.45) is 58.2. The van der Waals surface area contributed by atoms with Crippen molar-refractivity contribution < 1.29 is 24.5 Å². The monoisotopic (exact) mass is 830 g/mol. The van der Waals surface area contributed by atoms with Gasteiger partial charge in [-0.2, -0.15) is 0 Å². The molecule has 6 heteroatoms. The van der Waals surface area contributed by atoms with Crippen LogP contribution in [0, 0.1) is 0 Å². The third-order valence-corrected chi connectivity index (χ3v) is 11.7. The fraction of sp³-hybridized carbons (Fsp3) is 0.849. The summed E-state index contributed by atoms with van der Waals surface area (Å²) < 4.78 is 5.43. The van der Waals surface area contributed by atoms with E-state index in [1.165, 1.54) is 141 Å². The first-order valence-corrected chi connectivity index (χ1v) is 25.7. The Bertz CT molecular complexity index is 962. The van der Waals surface area contributed by atoms with Gasteiger partial charge >= 0.3 is 5.97 Å². The summed E-state index contributed by atoms with van der Waals surface area (Å²) in [6.45, 7) is 4.84. The van der Waals surface area contributed by atoms with Gasteiger partial charge in [0.25, 0.3) is 0 Å². The molecule has 2 unspecified atom stereocenters. The van der Waals surface area contributed by atoms with Gasteiger partial charge in [-0.15, -0.1) is 0 Å². The number of carbonyl (C=O) groups excluding carboxylic acids is 2. The zero-order valence-corrected chi connectivity index (χ0v) is 39.2. The molecule has 0 radical (unpaired) electrons. The molecule has 0 aliphatic carbocycles. The minimum Gasteiger partial charge on any atom is -0.466 e. The quantitative estimate of drug-likeness (QED) is 0.0323. The van der Waals surface area contributed by atoms with Crippen LogP contribution in [0.3, 0.4) is 0 Å². The zero-order chi connectivity index (χ0) is 43.0. The molecule has 2 atom stereocenters. The van der Waals surface area contributed by atoms with Crippen LogP contribution in [0.1, 0.15) is 264 Å². The number of rotatable bonds is 47. The average Bonchev–Trinajstić information content (AvgIpc) is 3.24. The Morgan fingerprint density at radius 3 is 1.36 bits per heavy atom. The van der Waals surface area contributed by atoms with Crippen molar-refractivity contribution in [1.29, 1.82) is 0 Å². The summed E-state index contributed by atoms with van der Waals surface area (Å²) >= 11 is 0. The van der Waals surface area contributed by atoms with Crippen LogP contribution in [0.2, 0.25) is 0 Å². The van der Waals surface area contributed by atoms with E-state index in [1.807, 2.05) is 0 Å². The molecule has 0 rings (SSSR count). The number of ether oxygens (including phenoxy) is 1. The van der Waals surface area contributed by atoms with Crippen LogP contribution < -0.4 is 5.32 Å². The minimum absolute atomic E-state index is 0.0377. The van der Waals surface area contributed by atoms with E-state index in [9.17, 15) is 19.8 Å². The number of aliphatic hydroxyl groups is 2. The van der Waals surface area contributed by atoms with Gasteiger partial charge in [-0.25, -0.2) is 0 Å². The van der Waals surface area contributed by atoms with Crippen LogP contribution in [-0.2, 0) is 14.3 Å². The number of unbranched alkanes of at least 4 members (excludes halogenated alkanes) is 30. The number of hydrogen-bond acceptors (Lipinski definition) is 5. The molecule has 0 bridgehead atoms. The second kappa shape index (κ2) is 48.7. The molecule has 0 aromatic carbocycles. The van der Waals surface area contributed by atoms with Gasteiger partial charge in [0.1, 0.15) is 0 Å². The SMILES string of the molecule is CCCC/C=C\C/C=C\CCCCCCCC(=O)OCCCCC/C=C\CCCCCCCC(=O)NC(CO)C(O)CCCCCCCCCCCCCCCCCC. The van der Waals surface area contributed by atoms with Gasteiger partial charge in [0, 0.05) is 12.8 Å². The molecule has 3 N–H and O–H groups in total. The van der Waals surface area contributed by atoms with Gasteiger partial charge in [-0.05, 0) is 83.5 Å². The standard InChI is InChI=1S/C53H99NO5/c1-3-5-7-9-11-13-15-17-19-20-21-25-29-33-37-41-45-51(56)50(49-55)54-52(57)46-42-38-34-30-26-23-24-28-32-36-40-44-48-59-53(58)47-43-39-35-31-27-22-18-16-14-12-10-8-6-4-2/h10,12,16,18,24,28,50-51,55-56H,3-9,11,13-15,17,19-23,25-27,29-49H2,1-2H3,(H,54,57)/b12-10-,18-16-,28-24-. The fourth-order valence-electron chi connectivity index (χ4n) is 7.65. The van der Waals surface area contributed by atoms with Crippen LogP contribution in [0.5, 0.6) is 0 Å². The van der Waals surface area contributed by atoms with Crippen LogP contribution in [0.25, 0.3) is 0 Å². The molecule has 0 aliphatic heterocycles. The summed E-state index contributed by atoms with van der Waals surface area (Å²) in [7, 11) is 0. The van der Waals surface area contributed by atoms with Crippen LogP contribution in [0.15, 0.2) is 36.5 Å². The highest BCUT2D eigenvalue weighted by atomic mass is 16.5. The number of nitrogens with one attached hydrogen (secondary N) is 1. The molecule has 0 spiro atoms. The average molecular weight is 830 g/mol. The van der Waals surface area contributed by atoms with Crippen molar-refractivity contribution in [2.24, 2.45) is 0 Å². The Morgan fingerprint density at radius 2 is 0.864 bits per heavy atom. The van der Waals surface area contributed by atoms with E-state index in [-0.39, 0.29) is 18.5 Å². The van der Waals surface area contributed by atoms with Crippen molar-refractivity contribution in [2.75, 3.05) is 13.2 Å². The molecule has 59 heavy (non-hydrogen) atoms. The second-order valence-electron chi connectivity index (χ2n) is 17.5. The number of hydrogen-bond donors (Lipinski definition) is 3.